The number of nitrogens with one attached hydrogen (secondary N) is 2. The van der Waals surface area contributed by atoms with Crippen LogP contribution in [0.25, 0.3) is 0 Å². The lowest BCUT2D eigenvalue weighted by Crippen LogP contribution is -2.53. The smallest absolute Gasteiger partial charge is 0.326 e. The third-order valence-electron chi connectivity index (χ3n) is 3.23. The molecule has 0 saturated heterocycles. The van der Waals surface area contributed by atoms with Crippen LogP contribution in [0.1, 0.15) is 25.7 Å². The van der Waals surface area contributed by atoms with Crippen LogP contribution in [-0.4, -0.2) is 55.5 Å². The van der Waals surface area contributed by atoms with Gasteiger partial charge in [-0.05, 0) is 19.3 Å². The van der Waals surface area contributed by atoms with Gasteiger partial charge in [0.1, 0.15) is 6.04 Å². The van der Waals surface area contributed by atoms with Gasteiger partial charge in [-0.25, -0.2) is 9.59 Å². The van der Waals surface area contributed by atoms with Crippen LogP contribution < -0.4 is 10.6 Å². The molecular formula is C12H20N2O6. The molecule has 1 fully saturated rings. The van der Waals surface area contributed by atoms with Crippen LogP contribution >= 0.6 is 0 Å². The number of hydrogen-bond acceptors (Lipinski definition) is 5. The highest BCUT2D eigenvalue weighted by atomic mass is 16.5. The summed E-state index contributed by atoms with van der Waals surface area (Å²) in [5, 5.41) is 14.0. The van der Waals surface area contributed by atoms with Gasteiger partial charge in [-0.1, -0.05) is 0 Å². The quantitative estimate of drug-likeness (QED) is 0.562. The number of ether oxygens (including phenoxy) is 2. The van der Waals surface area contributed by atoms with Crippen LogP contribution in [-0.2, 0) is 19.1 Å². The minimum Gasteiger partial charge on any atom is -0.480 e. The molecular weight excluding hydrogens is 268 g/mol. The van der Waals surface area contributed by atoms with Gasteiger partial charge in [0, 0.05) is 19.6 Å². The standard InChI is InChI=1S/C12H20N2O6/c1-19-8-5-7(6-8)13-12(18)14-9(11(16)17)3-4-10(15)20-2/h7-9H,3-6H2,1-2H3,(H,16,17)(H2,13,14,18)/t7?,8?,9-/m0/s1. The van der Waals surface area contributed by atoms with Crippen molar-refractivity contribution in [3.05, 3.63) is 0 Å². The summed E-state index contributed by atoms with van der Waals surface area (Å²) in [6, 6.07) is -1.68. The summed E-state index contributed by atoms with van der Waals surface area (Å²) in [5.74, 6) is -1.70. The normalized spacial score (nSPS) is 22.3. The van der Waals surface area contributed by atoms with Crippen molar-refractivity contribution in [1.82, 2.24) is 10.6 Å². The van der Waals surface area contributed by atoms with Crippen molar-refractivity contribution in [3.63, 3.8) is 0 Å². The highest BCUT2D eigenvalue weighted by Gasteiger charge is 2.31. The molecule has 0 aromatic rings. The van der Waals surface area contributed by atoms with E-state index < -0.39 is 24.0 Å². The van der Waals surface area contributed by atoms with Crippen LogP contribution in [0, 0.1) is 0 Å². The number of rotatable bonds is 7. The van der Waals surface area contributed by atoms with E-state index in [1.807, 2.05) is 0 Å². The second-order valence-electron chi connectivity index (χ2n) is 4.65. The first-order valence-corrected chi connectivity index (χ1v) is 6.35. The number of carboxylic acid groups (broad SMARTS) is 1. The molecule has 0 aliphatic heterocycles. The molecule has 1 atom stereocenters. The molecule has 0 radical (unpaired) electrons. The molecule has 8 heteroatoms. The van der Waals surface area contributed by atoms with E-state index in [4.69, 9.17) is 9.84 Å². The maximum Gasteiger partial charge on any atom is 0.326 e. The second kappa shape index (κ2) is 7.68. The molecule has 1 rings (SSSR count). The van der Waals surface area contributed by atoms with Crippen molar-refractivity contribution in [3.8, 4) is 0 Å². The molecule has 2 amide bonds. The molecule has 3 N–H and O–H groups in total. The molecule has 0 aromatic carbocycles. The molecule has 8 nitrogen and oxygen atoms in total. The molecule has 0 aromatic heterocycles. The number of urea groups is 1. The Kier molecular flexibility index (Phi) is 6.23. The van der Waals surface area contributed by atoms with E-state index in [1.54, 1.807) is 7.11 Å². The number of hydrogen-bond donors (Lipinski definition) is 3. The van der Waals surface area contributed by atoms with Gasteiger partial charge in [-0.3, -0.25) is 4.79 Å². The van der Waals surface area contributed by atoms with E-state index in [-0.39, 0.29) is 25.0 Å². The maximum atomic E-state index is 11.6. The Morgan fingerprint density at radius 3 is 2.45 bits per heavy atom. The predicted octanol–water partition coefficient (Wildman–Crippen LogP) is -0.131. The topological polar surface area (TPSA) is 114 Å². The van der Waals surface area contributed by atoms with E-state index in [0.29, 0.717) is 12.8 Å². The van der Waals surface area contributed by atoms with Crippen LogP contribution in [0.5, 0.6) is 0 Å². The summed E-state index contributed by atoms with van der Waals surface area (Å²) in [5.41, 5.74) is 0. The highest BCUT2D eigenvalue weighted by molar-refractivity contribution is 5.83. The van der Waals surface area contributed by atoms with Crippen molar-refractivity contribution in [2.24, 2.45) is 0 Å². The Labute approximate surface area is 116 Å². The second-order valence-corrected chi connectivity index (χ2v) is 4.65. The summed E-state index contributed by atoms with van der Waals surface area (Å²) in [7, 11) is 2.83. The third-order valence-corrected chi connectivity index (χ3v) is 3.23. The SMILES string of the molecule is COC(=O)CC[C@H](NC(=O)NC1CC(OC)C1)C(=O)O. The Balaban J connectivity index is 2.32. The average molecular weight is 288 g/mol. The minimum absolute atomic E-state index is 0.00463. The van der Waals surface area contributed by atoms with Gasteiger partial charge >= 0.3 is 18.0 Å². The molecule has 0 bridgehead atoms. The summed E-state index contributed by atoms with van der Waals surface area (Å²) in [6.07, 6.45) is 1.49. The van der Waals surface area contributed by atoms with Crippen LogP contribution in [0.4, 0.5) is 4.79 Å². The third kappa shape index (κ3) is 5.04. The van der Waals surface area contributed by atoms with Crippen LogP contribution in [0.15, 0.2) is 0 Å². The van der Waals surface area contributed by atoms with Gasteiger partial charge < -0.3 is 25.2 Å². The number of carbonyl (C=O) groups excluding carboxylic acids is 2. The lowest BCUT2D eigenvalue weighted by molar-refractivity contribution is -0.142. The molecule has 1 aliphatic rings. The molecule has 114 valence electrons. The summed E-state index contributed by atoms with van der Waals surface area (Å²) in [6.45, 7) is 0. The maximum absolute atomic E-state index is 11.6. The van der Waals surface area contributed by atoms with E-state index >= 15 is 0 Å². The van der Waals surface area contributed by atoms with Gasteiger partial charge in [-0.2, -0.15) is 0 Å². The van der Waals surface area contributed by atoms with E-state index in [1.165, 1.54) is 7.11 Å². The summed E-state index contributed by atoms with van der Waals surface area (Å²) in [4.78, 5) is 33.6. The first kappa shape index (κ1) is 16.2. The van der Waals surface area contributed by atoms with E-state index in [2.05, 4.69) is 15.4 Å². The average Bonchev–Trinajstić information content (AvgIpc) is 2.37. The molecule has 1 aliphatic carbocycles. The zero-order chi connectivity index (χ0) is 15.1. The number of esters is 1. The van der Waals surface area contributed by atoms with Crippen molar-refractivity contribution in [2.45, 2.75) is 43.9 Å². The van der Waals surface area contributed by atoms with Gasteiger partial charge in [0.05, 0.1) is 13.2 Å². The fourth-order valence-electron chi connectivity index (χ4n) is 1.88. The van der Waals surface area contributed by atoms with Crippen molar-refractivity contribution >= 4 is 18.0 Å². The molecule has 0 spiro atoms. The first-order chi connectivity index (χ1) is 9.46. The van der Waals surface area contributed by atoms with Crippen molar-refractivity contribution < 1.29 is 29.0 Å². The molecule has 0 unspecified atom stereocenters. The van der Waals surface area contributed by atoms with Crippen molar-refractivity contribution in [2.75, 3.05) is 14.2 Å². The van der Waals surface area contributed by atoms with Crippen LogP contribution in [0.3, 0.4) is 0 Å². The number of amides is 2. The predicted molar refractivity (Wildman–Crippen MR) is 68.2 cm³/mol. The fourth-order valence-corrected chi connectivity index (χ4v) is 1.88. The number of carboxylic acids is 1. The van der Waals surface area contributed by atoms with Gasteiger partial charge in [0.2, 0.25) is 0 Å². The fraction of sp³-hybridized carbons (Fsp3) is 0.750. The Morgan fingerprint density at radius 2 is 1.95 bits per heavy atom. The number of carbonyl (C=O) groups is 3. The van der Waals surface area contributed by atoms with Crippen LogP contribution in [0.2, 0.25) is 0 Å². The molecule has 0 heterocycles. The number of aliphatic carboxylic acids is 1. The highest BCUT2D eigenvalue weighted by Crippen LogP contribution is 2.22. The zero-order valence-electron chi connectivity index (χ0n) is 11.5. The Morgan fingerprint density at radius 1 is 1.30 bits per heavy atom. The monoisotopic (exact) mass is 288 g/mol. The summed E-state index contributed by atoms with van der Waals surface area (Å²) >= 11 is 0. The molecule has 1 saturated carbocycles. The lowest BCUT2D eigenvalue weighted by Gasteiger charge is -2.34. The van der Waals surface area contributed by atoms with Gasteiger partial charge in [0.15, 0.2) is 0 Å². The van der Waals surface area contributed by atoms with E-state index in [0.717, 1.165) is 0 Å². The van der Waals surface area contributed by atoms with Crippen molar-refractivity contribution in [1.29, 1.82) is 0 Å². The zero-order valence-corrected chi connectivity index (χ0v) is 11.5. The largest absolute Gasteiger partial charge is 0.480 e. The van der Waals surface area contributed by atoms with Gasteiger partial charge in [0.25, 0.3) is 0 Å². The Bertz CT molecular complexity index is 367. The van der Waals surface area contributed by atoms with E-state index in [9.17, 15) is 14.4 Å². The van der Waals surface area contributed by atoms with Gasteiger partial charge in [-0.15, -0.1) is 0 Å². The lowest BCUT2D eigenvalue weighted by atomic mass is 9.89. The Hall–Kier alpha value is -1.83. The first-order valence-electron chi connectivity index (χ1n) is 6.35. The molecule has 20 heavy (non-hydrogen) atoms. The summed E-state index contributed by atoms with van der Waals surface area (Å²) < 4.78 is 9.50. The number of methoxy groups -OCH3 is 2. The minimum atomic E-state index is -1.19.